The van der Waals surface area contributed by atoms with Crippen LogP contribution in [0.3, 0.4) is 0 Å². The lowest BCUT2D eigenvalue weighted by Gasteiger charge is -2.26. The number of hydrogen-bond acceptors (Lipinski definition) is 2. The van der Waals surface area contributed by atoms with Crippen LogP contribution in [-0.2, 0) is 9.53 Å². The summed E-state index contributed by atoms with van der Waals surface area (Å²) >= 11 is 6.14. The molecule has 1 heterocycles. The van der Waals surface area contributed by atoms with Gasteiger partial charge in [0.15, 0.2) is 0 Å². The lowest BCUT2D eigenvalue weighted by Crippen LogP contribution is -2.38. The highest BCUT2D eigenvalue weighted by Crippen LogP contribution is 2.27. The van der Waals surface area contributed by atoms with Crippen molar-refractivity contribution in [2.45, 2.75) is 63.0 Å². The molecule has 1 amide bonds. The summed E-state index contributed by atoms with van der Waals surface area (Å²) in [7, 11) is 0. The molecule has 2 fully saturated rings. The van der Waals surface area contributed by atoms with Crippen LogP contribution in [-0.4, -0.2) is 30.0 Å². The summed E-state index contributed by atoms with van der Waals surface area (Å²) in [6.07, 6.45) is 6.38. The van der Waals surface area contributed by atoms with E-state index in [2.05, 4.69) is 5.32 Å². The van der Waals surface area contributed by atoms with Gasteiger partial charge in [0.05, 0.1) is 6.10 Å². The van der Waals surface area contributed by atoms with Crippen molar-refractivity contribution in [2.24, 2.45) is 5.92 Å². The lowest BCUT2D eigenvalue weighted by atomic mass is 9.89. The quantitative estimate of drug-likeness (QED) is 0.791. The van der Waals surface area contributed by atoms with Crippen molar-refractivity contribution in [3.05, 3.63) is 0 Å². The molecule has 98 valence electrons. The van der Waals surface area contributed by atoms with Gasteiger partial charge < -0.3 is 10.1 Å². The van der Waals surface area contributed by atoms with Crippen molar-refractivity contribution in [1.29, 1.82) is 0 Å². The number of ether oxygens (including phenoxy) is 1. The SMILES string of the molecule is CC1CCC(C(=O)NCC2CCCC(Cl)C2)O1. The van der Waals surface area contributed by atoms with Gasteiger partial charge >= 0.3 is 0 Å². The average molecular weight is 260 g/mol. The molecule has 0 bridgehead atoms. The molecule has 4 heteroatoms. The largest absolute Gasteiger partial charge is 0.365 e. The van der Waals surface area contributed by atoms with E-state index in [-0.39, 0.29) is 18.1 Å². The van der Waals surface area contributed by atoms with Crippen molar-refractivity contribution in [3.8, 4) is 0 Å². The van der Waals surface area contributed by atoms with Gasteiger partial charge in [-0.25, -0.2) is 0 Å². The Balaban J connectivity index is 1.69. The second kappa shape index (κ2) is 6.05. The normalized spacial score (nSPS) is 38.0. The minimum atomic E-state index is -0.222. The third kappa shape index (κ3) is 3.85. The monoisotopic (exact) mass is 259 g/mol. The second-order valence-corrected chi connectivity index (χ2v) is 6.00. The summed E-state index contributed by atoms with van der Waals surface area (Å²) in [4.78, 5) is 11.8. The smallest absolute Gasteiger partial charge is 0.249 e. The lowest BCUT2D eigenvalue weighted by molar-refractivity contribution is -0.131. The van der Waals surface area contributed by atoms with Gasteiger partial charge in [0, 0.05) is 11.9 Å². The van der Waals surface area contributed by atoms with E-state index in [1.165, 1.54) is 12.8 Å². The Morgan fingerprint density at radius 3 is 2.82 bits per heavy atom. The zero-order valence-corrected chi connectivity index (χ0v) is 11.2. The Morgan fingerprint density at radius 1 is 1.35 bits per heavy atom. The van der Waals surface area contributed by atoms with Crippen LogP contribution in [0.5, 0.6) is 0 Å². The first kappa shape index (κ1) is 13.2. The van der Waals surface area contributed by atoms with E-state index >= 15 is 0 Å². The van der Waals surface area contributed by atoms with Gasteiger partial charge in [0.1, 0.15) is 6.10 Å². The molecule has 2 rings (SSSR count). The fraction of sp³-hybridized carbons (Fsp3) is 0.923. The Labute approximate surface area is 108 Å². The molecule has 0 radical (unpaired) electrons. The Morgan fingerprint density at radius 2 is 2.18 bits per heavy atom. The number of hydrogen-bond donors (Lipinski definition) is 1. The number of halogens is 1. The highest BCUT2D eigenvalue weighted by atomic mass is 35.5. The third-order valence-electron chi connectivity index (χ3n) is 3.81. The maximum Gasteiger partial charge on any atom is 0.249 e. The first-order valence-electron chi connectivity index (χ1n) is 6.72. The molecular formula is C13H22ClNO2. The van der Waals surface area contributed by atoms with E-state index in [0.29, 0.717) is 11.3 Å². The van der Waals surface area contributed by atoms with Crippen LogP contribution in [0.1, 0.15) is 45.4 Å². The van der Waals surface area contributed by atoms with Gasteiger partial charge in [0.25, 0.3) is 0 Å². The van der Waals surface area contributed by atoms with Crippen molar-refractivity contribution in [3.63, 3.8) is 0 Å². The van der Waals surface area contributed by atoms with Gasteiger partial charge in [-0.1, -0.05) is 6.42 Å². The first-order chi connectivity index (χ1) is 8.15. The molecular weight excluding hydrogens is 238 g/mol. The number of amides is 1. The topological polar surface area (TPSA) is 38.3 Å². The zero-order chi connectivity index (χ0) is 12.3. The Bertz CT molecular complexity index is 272. The van der Waals surface area contributed by atoms with Gasteiger partial charge in [-0.15, -0.1) is 11.6 Å². The van der Waals surface area contributed by atoms with Crippen molar-refractivity contribution < 1.29 is 9.53 Å². The van der Waals surface area contributed by atoms with Gasteiger partial charge in [0.2, 0.25) is 5.91 Å². The molecule has 2 aliphatic rings. The summed E-state index contributed by atoms with van der Waals surface area (Å²) < 4.78 is 5.55. The van der Waals surface area contributed by atoms with E-state index in [1.807, 2.05) is 6.92 Å². The molecule has 1 N–H and O–H groups in total. The van der Waals surface area contributed by atoms with Crippen molar-refractivity contribution in [2.75, 3.05) is 6.54 Å². The van der Waals surface area contributed by atoms with Crippen LogP contribution in [0, 0.1) is 5.92 Å². The Kier molecular flexibility index (Phi) is 4.69. The summed E-state index contributed by atoms with van der Waals surface area (Å²) in [5.41, 5.74) is 0. The van der Waals surface area contributed by atoms with Crippen LogP contribution in [0.15, 0.2) is 0 Å². The molecule has 17 heavy (non-hydrogen) atoms. The molecule has 0 aromatic rings. The zero-order valence-electron chi connectivity index (χ0n) is 10.5. The predicted molar refractivity (Wildman–Crippen MR) is 68.2 cm³/mol. The number of alkyl halides is 1. The fourth-order valence-corrected chi connectivity index (χ4v) is 3.17. The number of nitrogens with one attached hydrogen (secondary N) is 1. The van der Waals surface area contributed by atoms with Crippen LogP contribution in [0.4, 0.5) is 0 Å². The molecule has 0 aromatic carbocycles. The predicted octanol–water partition coefficient (Wildman–Crippen LogP) is 2.47. The molecule has 1 saturated carbocycles. The number of carbonyl (C=O) groups is 1. The highest BCUT2D eigenvalue weighted by molar-refractivity contribution is 6.20. The van der Waals surface area contributed by atoms with E-state index in [1.54, 1.807) is 0 Å². The van der Waals surface area contributed by atoms with Gasteiger partial charge in [-0.3, -0.25) is 4.79 Å². The molecule has 3 nitrogen and oxygen atoms in total. The number of rotatable bonds is 3. The molecule has 4 unspecified atom stereocenters. The van der Waals surface area contributed by atoms with Crippen LogP contribution < -0.4 is 5.32 Å². The summed E-state index contributed by atoms with van der Waals surface area (Å²) in [6.45, 7) is 2.78. The minimum Gasteiger partial charge on any atom is -0.365 e. The first-order valence-corrected chi connectivity index (χ1v) is 7.16. The van der Waals surface area contributed by atoms with Crippen molar-refractivity contribution in [1.82, 2.24) is 5.32 Å². The maximum atomic E-state index is 11.8. The third-order valence-corrected chi connectivity index (χ3v) is 4.20. The summed E-state index contributed by atoms with van der Waals surface area (Å²) in [6, 6.07) is 0. The fourth-order valence-electron chi connectivity index (χ4n) is 2.77. The van der Waals surface area contributed by atoms with Gasteiger partial charge in [-0.2, -0.15) is 0 Å². The van der Waals surface area contributed by atoms with E-state index in [9.17, 15) is 4.79 Å². The minimum absolute atomic E-state index is 0.0612. The van der Waals surface area contributed by atoms with Crippen LogP contribution >= 0.6 is 11.6 Å². The average Bonchev–Trinajstić information content (AvgIpc) is 2.73. The van der Waals surface area contributed by atoms with Crippen LogP contribution in [0.2, 0.25) is 0 Å². The summed E-state index contributed by atoms with van der Waals surface area (Å²) in [5.74, 6) is 0.611. The Hall–Kier alpha value is -0.280. The van der Waals surface area contributed by atoms with E-state index in [0.717, 1.165) is 32.2 Å². The maximum absolute atomic E-state index is 11.8. The highest BCUT2D eigenvalue weighted by Gasteiger charge is 2.28. The van der Waals surface area contributed by atoms with Crippen molar-refractivity contribution >= 4 is 17.5 Å². The molecule has 1 aliphatic heterocycles. The molecule has 0 spiro atoms. The standard InChI is InChI=1S/C13H22ClNO2/c1-9-5-6-12(17-9)13(16)15-8-10-3-2-4-11(14)7-10/h9-12H,2-8H2,1H3,(H,15,16). The van der Waals surface area contributed by atoms with Gasteiger partial charge in [-0.05, 0) is 44.9 Å². The summed E-state index contributed by atoms with van der Waals surface area (Å²) in [5, 5.41) is 3.31. The molecule has 1 saturated heterocycles. The second-order valence-electron chi connectivity index (χ2n) is 5.39. The molecule has 1 aliphatic carbocycles. The van der Waals surface area contributed by atoms with Crippen LogP contribution in [0.25, 0.3) is 0 Å². The van der Waals surface area contributed by atoms with E-state index in [4.69, 9.17) is 16.3 Å². The molecule has 4 atom stereocenters. The van der Waals surface area contributed by atoms with E-state index < -0.39 is 0 Å². The number of carbonyl (C=O) groups excluding carboxylic acids is 1. The molecule has 0 aromatic heterocycles.